The van der Waals surface area contributed by atoms with E-state index in [0.717, 1.165) is 18.4 Å². The molecule has 0 bridgehead atoms. The summed E-state index contributed by atoms with van der Waals surface area (Å²) in [6.45, 7) is 3.08. The molecule has 0 unspecified atom stereocenters. The Labute approximate surface area is 113 Å². The van der Waals surface area contributed by atoms with Crippen LogP contribution < -0.4 is 0 Å². The summed E-state index contributed by atoms with van der Waals surface area (Å²) >= 11 is 0. The topological polar surface area (TPSA) is 42.1 Å². The molecule has 2 heterocycles. The third kappa shape index (κ3) is 2.89. The smallest absolute Gasteiger partial charge is 0.410 e. The lowest BCUT2D eigenvalue weighted by Crippen LogP contribution is -2.40. The summed E-state index contributed by atoms with van der Waals surface area (Å²) in [6, 6.07) is 9.99. The highest BCUT2D eigenvalue weighted by Crippen LogP contribution is 2.32. The van der Waals surface area contributed by atoms with E-state index in [2.05, 4.69) is 6.92 Å². The standard InChI is InChI=1S/C15H19NO3/c1-11-7-8-13-14(19-13)9-16(11)15(17)18-10-12-5-3-2-4-6-12/h2-6,11,13-14H,7-10H2,1H3/t11-,13+,14-/m0/s1. The molecule has 2 aliphatic heterocycles. The maximum Gasteiger partial charge on any atom is 0.410 e. The van der Waals surface area contributed by atoms with E-state index in [1.54, 1.807) is 4.90 Å². The van der Waals surface area contributed by atoms with Crippen LogP contribution >= 0.6 is 0 Å². The Bertz CT molecular complexity index is 448. The van der Waals surface area contributed by atoms with Gasteiger partial charge >= 0.3 is 6.09 Å². The Morgan fingerprint density at radius 2 is 2.11 bits per heavy atom. The van der Waals surface area contributed by atoms with E-state index in [4.69, 9.17) is 9.47 Å². The van der Waals surface area contributed by atoms with Crippen molar-refractivity contribution in [3.05, 3.63) is 35.9 Å². The molecule has 1 aromatic rings. The molecule has 0 N–H and O–H groups in total. The minimum atomic E-state index is -0.229. The van der Waals surface area contributed by atoms with E-state index in [1.807, 2.05) is 30.3 Å². The molecule has 4 heteroatoms. The second-order valence-corrected chi connectivity index (χ2v) is 5.33. The molecule has 0 aromatic heterocycles. The Kier molecular flexibility index (Phi) is 3.42. The second kappa shape index (κ2) is 5.21. The number of benzene rings is 1. The fraction of sp³-hybridized carbons (Fsp3) is 0.533. The first-order valence-electron chi connectivity index (χ1n) is 6.87. The van der Waals surface area contributed by atoms with Crippen LogP contribution in [0.1, 0.15) is 25.3 Å². The second-order valence-electron chi connectivity index (χ2n) is 5.33. The van der Waals surface area contributed by atoms with Crippen molar-refractivity contribution in [2.75, 3.05) is 6.54 Å². The number of hydrogen-bond acceptors (Lipinski definition) is 3. The summed E-state index contributed by atoms with van der Waals surface area (Å²) in [5.41, 5.74) is 1.01. The Morgan fingerprint density at radius 3 is 2.89 bits per heavy atom. The summed E-state index contributed by atoms with van der Waals surface area (Å²) in [6.07, 6.45) is 2.41. The van der Waals surface area contributed by atoms with E-state index >= 15 is 0 Å². The first kappa shape index (κ1) is 12.5. The van der Waals surface area contributed by atoms with Crippen LogP contribution in [-0.2, 0) is 16.1 Å². The largest absolute Gasteiger partial charge is 0.445 e. The van der Waals surface area contributed by atoms with E-state index < -0.39 is 0 Å². The average Bonchev–Trinajstić information content (AvgIpc) is 3.19. The molecule has 1 amide bonds. The molecular weight excluding hydrogens is 242 g/mol. The number of carbonyl (C=O) groups excluding carboxylic acids is 1. The summed E-state index contributed by atoms with van der Waals surface area (Å²) < 4.78 is 10.9. The molecule has 2 saturated heterocycles. The van der Waals surface area contributed by atoms with Crippen molar-refractivity contribution < 1.29 is 14.3 Å². The van der Waals surface area contributed by atoms with Crippen molar-refractivity contribution in [1.82, 2.24) is 4.90 Å². The fourth-order valence-electron chi connectivity index (χ4n) is 2.59. The number of likely N-dealkylation sites (tertiary alicyclic amines) is 1. The molecule has 2 fully saturated rings. The van der Waals surface area contributed by atoms with E-state index in [1.165, 1.54) is 0 Å². The zero-order chi connectivity index (χ0) is 13.2. The monoisotopic (exact) mass is 261 g/mol. The molecular formula is C15H19NO3. The fourth-order valence-corrected chi connectivity index (χ4v) is 2.59. The maximum absolute atomic E-state index is 12.1. The molecule has 102 valence electrons. The number of rotatable bonds is 2. The summed E-state index contributed by atoms with van der Waals surface area (Å²) in [5.74, 6) is 0. The van der Waals surface area contributed by atoms with Gasteiger partial charge < -0.3 is 14.4 Å². The molecule has 0 radical (unpaired) electrons. The first-order valence-corrected chi connectivity index (χ1v) is 6.87. The van der Waals surface area contributed by atoms with Crippen molar-refractivity contribution in [2.24, 2.45) is 0 Å². The molecule has 0 saturated carbocycles. The van der Waals surface area contributed by atoms with Gasteiger partial charge in [-0.15, -0.1) is 0 Å². The predicted molar refractivity (Wildman–Crippen MR) is 70.7 cm³/mol. The third-order valence-corrected chi connectivity index (χ3v) is 3.90. The lowest BCUT2D eigenvalue weighted by molar-refractivity contribution is 0.0774. The van der Waals surface area contributed by atoms with Crippen molar-refractivity contribution in [3.8, 4) is 0 Å². The van der Waals surface area contributed by atoms with E-state index in [9.17, 15) is 4.79 Å². The lowest BCUT2D eigenvalue weighted by Gasteiger charge is -2.26. The number of ether oxygens (including phenoxy) is 2. The third-order valence-electron chi connectivity index (χ3n) is 3.90. The van der Waals surface area contributed by atoms with Crippen LogP contribution in [0.2, 0.25) is 0 Å². The lowest BCUT2D eigenvalue weighted by atomic mass is 10.1. The van der Waals surface area contributed by atoms with Gasteiger partial charge in [0.05, 0.1) is 12.6 Å². The van der Waals surface area contributed by atoms with Crippen LogP contribution in [0.3, 0.4) is 0 Å². The molecule has 2 aliphatic rings. The first-order chi connectivity index (χ1) is 9.24. The van der Waals surface area contributed by atoms with Gasteiger partial charge in [0, 0.05) is 6.04 Å². The number of fused-ring (bicyclic) bond motifs is 1. The van der Waals surface area contributed by atoms with Gasteiger partial charge in [0.25, 0.3) is 0 Å². The number of carbonyl (C=O) groups is 1. The van der Waals surface area contributed by atoms with Gasteiger partial charge in [-0.25, -0.2) is 4.79 Å². The molecule has 4 nitrogen and oxygen atoms in total. The van der Waals surface area contributed by atoms with E-state index in [0.29, 0.717) is 19.3 Å². The van der Waals surface area contributed by atoms with Crippen LogP contribution in [0.4, 0.5) is 4.79 Å². The average molecular weight is 261 g/mol. The highest BCUT2D eigenvalue weighted by atomic mass is 16.6. The van der Waals surface area contributed by atoms with Gasteiger partial charge in [-0.3, -0.25) is 0 Å². The highest BCUT2D eigenvalue weighted by Gasteiger charge is 2.44. The van der Waals surface area contributed by atoms with Gasteiger partial charge in [-0.05, 0) is 25.3 Å². The Hall–Kier alpha value is -1.55. The van der Waals surface area contributed by atoms with E-state index in [-0.39, 0.29) is 18.2 Å². The molecule has 19 heavy (non-hydrogen) atoms. The Morgan fingerprint density at radius 1 is 1.32 bits per heavy atom. The van der Waals surface area contributed by atoms with Crippen LogP contribution in [0.5, 0.6) is 0 Å². The van der Waals surface area contributed by atoms with Crippen LogP contribution in [-0.4, -0.2) is 35.8 Å². The van der Waals surface area contributed by atoms with Gasteiger partial charge in [0.2, 0.25) is 0 Å². The zero-order valence-electron chi connectivity index (χ0n) is 11.1. The molecule has 1 aromatic carbocycles. The van der Waals surface area contributed by atoms with Gasteiger partial charge in [0.15, 0.2) is 0 Å². The highest BCUT2D eigenvalue weighted by molar-refractivity contribution is 5.68. The summed E-state index contributed by atoms with van der Waals surface area (Å²) in [4.78, 5) is 14.0. The maximum atomic E-state index is 12.1. The minimum absolute atomic E-state index is 0.229. The van der Waals surface area contributed by atoms with Crippen LogP contribution in [0.25, 0.3) is 0 Å². The number of hydrogen-bond donors (Lipinski definition) is 0. The molecule has 3 rings (SSSR count). The van der Waals surface area contributed by atoms with Gasteiger partial charge in [-0.1, -0.05) is 30.3 Å². The van der Waals surface area contributed by atoms with Crippen molar-refractivity contribution in [2.45, 2.75) is 44.6 Å². The van der Waals surface area contributed by atoms with Crippen molar-refractivity contribution in [3.63, 3.8) is 0 Å². The van der Waals surface area contributed by atoms with Gasteiger partial charge in [-0.2, -0.15) is 0 Å². The number of nitrogens with zero attached hydrogens (tertiary/aromatic N) is 1. The quantitative estimate of drug-likeness (QED) is 0.768. The zero-order valence-corrected chi connectivity index (χ0v) is 11.1. The molecule has 0 spiro atoms. The summed E-state index contributed by atoms with van der Waals surface area (Å²) in [5, 5.41) is 0. The normalized spacial score (nSPS) is 29.3. The molecule has 3 atom stereocenters. The van der Waals surface area contributed by atoms with Crippen molar-refractivity contribution >= 4 is 6.09 Å². The minimum Gasteiger partial charge on any atom is -0.445 e. The number of amides is 1. The number of epoxide rings is 1. The predicted octanol–water partition coefficient (Wildman–Crippen LogP) is 2.57. The van der Waals surface area contributed by atoms with Crippen LogP contribution in [0, 0.1) is 0 Å². The Balaban J connectivity index is 1.56. The molecule has 0 aliphatic carbocycles. The summed E-state index contributed by atoms with van der Waals surface area (Å²) in [7, 11) is 0. The van der Waals surface area contributed by atoms with Gasteiger partial charge in [0.1, 0.15) is 12.7 Å². The van der Waals surface area contributed by atoms with Crippen LogP contribution in [0.15, 0.2) is 30.3 Å². The SMILES string of the molecule is C[C@H]1CC[C@H]2O[C@H]2CN1C(=O)OCc1ccccc1. The van der Waals surface area contributed by atoms with Crippen molar-refractivity contribution in [1.29, 1.82) is 0 Å².